The summed E-state index contributed by atoms with van der Waals surface area (Å²) in [6.45, 7) is 1.87. The second kappa shape index (κ2) is 11.5. The number of rotatable bonds is 9. The fourth-order valence-corrected chi connectivity index (χ4v) is 6.04. The van der Waals surface area contributed by atoms with Crippen molar-refractivity contribution < 1.29 is 8.42 Å². The maximum Gasteiger partial charge on any atom is 0.264 e. The summed E-state index contributed by atoms with van der Waals surface area (Å²) in [7, 11) is 0.478. The van der Waals surface area contributed by atoms with Crippen LogP contribution in [0, 0.1) is 6.92 Å². The van der Waals surface area contributed by atoms with Crippen LogP contribution in [-0.4, -0.2) is 54.4 Å². The van der Waals surface area contributed by atoms with Crippen molar-refractivity contribution in [2.45, 2.75) is 62.4 Å². The maximum atomic E-state index is 12.7. The average molecular weight is 529 g/mol. The van der Waals surface area contributed by atoms with Gasteiger partial charge in [0.15, 0.2) is 0 Å². The summed E-state index contributed by atoms with van der Waals surface area (Å²) in [5, 5.41) is 3.64. The topological polar surface area (TPSA) is 100 Å². The van der Waals surface area contributed by atoms with Crippen LogP contribution in [0.4, 0.5) is 11.8 Å². The van der Waals surface area contributed by atoms with E-state index in [0.717, 1.165) is 42.5 Å². The summed E-state index contributed by atoms with van der Waals surface area (Å²) in [4.78, 5) is 15.8. The number of pyridine rings is 1. The third-order valence-corrected chi connectivity index (χ3v) is 8.56. The highest BCUT2D eigenvalue weighted by Gasteiger charge is 2.23. The molecule has 1 fully saturated rings. The third kappa shape index (κ3) is 6.72. The monoisotopic (exact) mass is 528 g/mol. The molecule has 1 aliphatic carbocycles. The highest BCUT2D eigenvalue weighted by molar-refractivity contribution is 7.92. The van der Waals surface area contributed by atoms with Crippen LogP contribution >= 0.6 is 11.6 Å². The number of hydrogen-bond donors (Lipinski definition) is 2. The van der Waals surface area contributed by atoms with E-state index in [-0.39, 0.29) is 15.7 Å². The summed E-state index contributed by atoms with van der Waals surface area (Å²) < 4.78 is 27.8. The van der Waals surface area contributed by atoms with E-state index >= 15 is 0 Å². The molecule has 0 aliphatic heterocycles. The van der Waals surface area contributed by atoms with Crippen LogP contribution in [0.1, 0.15) is 42.5 Å². The van der Waals surface area contributed by atoms with Gasteiger partial charge < -0.3 is 10.2 Å². The van der Waals surface area contributed by atoms with Crippen LogP contribution in [0.2, 0.25) is 5.02 Å². The van der Waals surface area contributed by atoms with Crippen molar-refractivity contribution in [2.75, 3.05) is 24.1 Å². The zero-order valence-corrected chi connectivity index (χ0v) is 22.5. The SMILES string of the molecule is Cc1nc(NS(=O)(=O)c2ccccc2Cl)ccc1CCc1cnc(N[C@H]2CC[C@H](N(C)C)CC2)nc1. The van der Waals surface area contributed by atoms with Gasteiger partial charge in [-0.3, -0.25) is 4.72 Å². The lowest BCUT2D eigenvalue weighted by Crippen LogP contribution is -2.36. The quantitative estimate of drug-likeness (QED) is 0.415. The molecule has 4 rings (SSSR count). The zero-order chi connectivity index (χ0) is 25.7. The molecule has 10 heteroatoms. The van der Waals surface area contributed by atoms with Crippen molar-refractivity contribution in [3.05, 3.63) is 70.6 Å². The predicted molar refractivity (Wildman–Crippen MR) is 144 cm³/mol. The number of anilines is 2. The van der Waals surface area contributed by atoms with Crippen LogP contribution in [-0.2, 0) is 22.9 Å². The van der Waals surface area contributed by atoms with Crippen molar-refractivity contribution in [1.82, 2.24) is 19.9 Å². The van der Waals surface area contributed by atoms with Crippen LogP contribution in [0.5, 0.6) is 0 Å². The van der Waals surface area contributed by atoms with E-state index in [1.165, 1.54) is 18.9 Å². The molecule has 2 N–H and O–H groups in total. The first kappa shape index (κ1) is 26.3. The molecule has 1 aliphatic rings. The van der Waals surface area contributed by atoms with Gasteiger partial charge in [-0.1, -0.05) is 29.8 Å². The molecule has 36 heavy (non-hydrogen) atoms. The Morgan fingerprint density at radius 3 is 2.33 bits per heavy atom. The molecule has 0 radical (unpaired) electrons. The summed E-state index contributed by atoms with van der Waals surface area (Å²) in [6.07, 6.45) is 9.90. The molecule has 1 aromatic carbocycles. The molecule has 8 nitrogen and oxygen atoms in total. The van der Waals surface area contributed by atoms with Crippen molar-refractivity contribution in [3.8, 4) is 0 Å². The fourth-order valence-electron chi connectivity index (χ4n) is 4.52. The van der Waals surface area contributed by atoms with E-state index < -0.39 is 10.0 Å². The van der Waals surface area contributed by atoms with Gasteiger partial charge in [-0.05, 0) is 88.9 Å². The minimum Gasteiger partial charge on any atom is -0.351 e. The highest BCUT2D eigenvalue weighted by Crippen LogP contribution is 2.25. The number of aryl methyl sites for hydroxylation is 3. The smallest absolute Gasteiger partial charge is 0.264 e. The second-order valence-corrected chi connectivity index (χ2v) is 11.6. The van der Waals surface area contributed by atoms with Gasteiger partial charge in [-0.2, -0.15) is 0 Å². The Hall–Kier alpha value is -2.75. The number of halogens is 1. The summed E-state index contributed by atoms with van der Waals surface area (Å²) in [5.74, 6) is 0.939. The molecule has 192 valence electrons. The minimum absolute atomic E-state index is 0.0226. The zero-order valence-electron chi connectivity index (χ0n) is 20.9. The van der Waals surface area contributed by atoms with Crippen LogP contribution in [0.3, 0.4) is 0 Å². The van der Waals surface area contributed by atoms with Crippen LogP contribution < -0.4 is 10.0 Å². The molecule has 0 amide bonds. The van der Waals surface area contributed by atoms with Crippen molar-refractivity contribution in [1.29, 1.82) is 0 Å². The standard InChI is InChI=1S/C26H33ClN6O2S/c1-18-20(10-15-25(30-18)32-36(34,35)24-7-5-4-6-23(24)27)9-8-19-16-28-26(29-17-19)31-21-11-13-22(14-12-21)33(2)3/h4-7,10,15-17,21-22H,8-9,11-14H2,1-3H3,(H,30,32)(H,28,29,31)/t21-,22-. The number of nitrogens with zero attached hydrogens (tertiary/aromatic N) is 4. The first-order valence-electron chi connectivity index (χ1n) is 12.2. The first-order valence-corrected chi connectivity index (χ1v) is 14.0. The van der Waals surface area contributed by atoms with Gasteiger partial charge in [0, 0.05) is 30.2 Å². The number of aromatic nitrogens is 3. The Morgan fingerprint density at radius 1 is 1.00 bits per heavy atom. The summed E-state index contributed by atoms with van der Waals surface area (Å²) >= 11 is 6.05. The average Bonchev–Trinajstić information content (AvgIpc) is 2.85. The van der Waals surface area contributed by atoms with Gasteiger partial charge in [-0.15, -0.1) is 0 Å². The van der Waals surface area contributed by atoms with Crippen LogP contribution in [0.25, 0.3) is 0 Å². The number of nitrogens with one attached hydrogen (secondary N) is 2. The Labute approximate surface area is 218 Å². The maximum absolute atomic E-state index is 12.7. The normalized spacial score (nSPS) is 18.2. The van der Waals surface area contributed by atoms with Crippen molar-refractivity contribution in [3.63, 3.8) is 0 Å². The third-order valence-electron chi connectivity index (χ3n) is 6.71. The molecule has 0 unspecified atom stereocenters. The van der Waals surface area contributed by atoms with E-state index in [0.29, 0.717) is 18.0 Å². The van der Waals surface area contributed by atoms with Gasteiger partial charge in [0.05, 0.1) is 5.02 Å². The highest BCUT2D eigenvalue weighted by atomic mass is 35.5. The van der Waals surface area contributed by atoms with E-state index in [1.807, 2.05) is 25.4 Å². The minimum atomic E-state index is -3.82. The lowest BCUT2D eigenvalue weighted by Gasteiger charge is -2.32. The lowest BCUT2D eigenvalue weighted by atomic mass is 9.91. The fraction of sp³-hybridized carbons (Fsp3) is 0.423. The Bertz CT molecular complexity index is 1280. The molecule has 2 aromatic heterocycles. The number of benzene rings is 1. The van der Waals surface area contributed by atoms with E-state index in [2.05, 4.69) is 44.0 Å². The molecular weight excluding hydrogens is 496 g/mol. The Kier molecular flexibility index (Phi) is 8.43. The molecule has 0 atom stereocenters. The lowest BCUT2D eigenvalue weighted by molar-refractivity contribution is 0.221. The molecule has 0 saturated heterocycles. The molecule has 2 heterocycles. The summed E-state index contributed by atoms with van der Waals surface area (Å²) in [6, 6.07) is 11.0. The van der Waals surface area contributed by atoms with Gasteiger partial charge in [0.25, 0.3) is 10.0 Å². The van der Waals surface area contributed by atoms with Gasteiger partial charge >= 0.3 is 0 Å². The van der Waals surface area contributed by atoms with Crippen molar-refractivity contribution >= 4 is 33.4 Å². The van der Waals surface area contributed by atoms with Crippen LogP contribution in [0.15, 0.2) is 53.7 Å². The van der Waals surface area contributed by atoms with Gasteiger partial charge in [-0.25, -0.2) is 23.4 Å². The van der Waals surface area contributed by atoms with E-state index in [9.17, 15) is 8.42 Å². The Morgan fingerprint density at radius 2 is 1.69 bits per heavy atom. The number of sulfonamides is 1. The van der Waals surface area contributed by atoms with E-state index in [4.69, 9.17) is 11.6 Å². The largest absolute Gasteiger partial charge is 0.351 e. The molecule has 0 bridgehead atoms. The molecule has 3 aromatic rings. The van der Waals surface area contributed by atoms with Crippen molar-refractivity contribution in [2.24, 2.45) is 0 Å². The molecular formula is C26H33ClN6O2S. The number of hydrogen-bond acceptors (Lipinski definition) is 7. The second-order valence-electron chi connectivity index (χ2n) is 9.51. The first-order chi connectivity index (χ1) is 17.2. The van der Waals surface area contributed by atoms with Gasteiger partial charge in [0.1, 0.15) is 10.7 Å². The Balaban J connectivity index is 1.31. The van der Waals surface area contributed by atoms with Gasteiger partial charge in [0.2, 0.25) is 5.95 Å². The molecule has 0 spiro atoms. The molecule has 1 saturated carbocycles. The van der Waals surface area contributed by atoms with E-state index in [1.54, 1.807) is 24.3 Å². The summed E-state index contributed by atoms with van der Waals surface area (Å²) in [5.41, 5.74) is 2.84. The predicted octanol–water partition coefficient (Wildman–Crippen LogP) is 4.70.